The fourth-order valence-electron chi connectivity index (χ4n) is 1.80. The van der Waals surface area contributed by atoms with Crippen molar-refractivity contribution >= 4 is 34.5 Å². The number of halogens is 2. The Morgan fingerprint density at radius 2 is 1.95 bits per heavy atom. The van der Waals surface area contributed by atoms with Gasteiger partial charge in [0.15, 0.2) is 0 Å². The highest BCUT2D eigenvalue weighted by Crippen LogP contribution is 2.28. The van der Waals surface area contributed by atoms with Crippen molar-refractivity contribution in [2.24, 2.45) is 5.73 Å². The molecule has 0 saturated heterocycles. The van der Waals surface area contributed by atoms with Crippen LogP contribution < -0.4 is 5.73 Å². The van der Waals surface area contributed by atoms with E-state index in [0.717, 1.165) is 16.3 Å². The molecule has 0 fully saturated rings. The van der Waals surface area contributed by atoms with E-state index in [-0.39, 0.29) is 11.5 Å². The molecule has 1 unspecified atom stereocenters. The topological polar surface area (TPSA) is 38.9 Å². The van der Waals surface area contributed by atoms with Gasteiger partial charge in [0, 0.05) is 23.3 Å². The van der Waals surface area contributed by atoms with Crippen molar-refractivity contribution in [2.45, 2.75) is 38.6 Å². The zero-order valence-electron chi connectivity index (χ0n) is 11.8. The molecule has 0 bridgehead atoms. The summed E-state index contributed by atoms with van der Waals surface area (Å²) in [6.07, 6.45) is 0.707. The molecule has 108 valence electrons. The first-order valence-electron chi connectivity index (χ1n) is 6.43. The van der Waals surface area contributed by atoms with Crippen molar-refractivity contribution in [2.75, 3.05) is 0 Å². The highest BCUT2D eigenvalue weighted by molar-refractivity contribution is 7.09. The van der Waals surface area contributed by atoms with Crippen molar-refractivity contribution in [3.63, 3.8) is 0 Å². The van der Waals surface area contributed by atoms with Crippen LogP contribution in [0.4, 0.5) is 0 Å². The fourth-order valence-corrected chi connectivity index (χ4v) is 3.19. The smallest absolute Gasteiger partial charge is 0.0947 e. The second-order valence-corrected chi connectivity index (χ2v) is 7.62. The Labute approximate surface area is 133 Å². The van der Waals surface area contributed by atoms with Gasteiger partial charge in [-0.05, 0) is 17.7 Å². The van der Waals surface area contributed by atoms with Gasteiger partial charge in [0.25, 0.3) is 0 Å². The first-order valence-corrected chi connectivity index (χ1v) is 8.06. The lowest BCUT2D eigenvalue weighted by Crippen LogP contribution is -2.15. The van der Waals surface area contributed by atoms with Gasteiger partial charge in [-0.2, -0.15) is 0 Å². The number of aromatic nitrogens is 1. The van der Waals surface area contributed by atoms with Crippen LogP contribution in [0, 0.1) is 0 Å². The van der Waals surface area contributed by atoms with Gasteiger partial charge in [-0.1, -0.05) is 50.0 Å². The zero-order chi connectivity index (χ0) is 14.9. The molecule has 0 aliphatic rings. The summed E-state index contributed by atoms with van der Waals surface area (Å²) in [6, 6.07) is 5.40. The molecule has 5 heteroatoms. The SMILES string of the molecule is CC(C)(C)c1csc(CC(N)c2ccc(Cl)c(Cl)c2)n1. The van der Waals surface area contributed by atoms with Crippen LogP contribution in [0.5, 0.6) is 0 Å². The third-order valence-electron chi connectivity index (χ3n) is 3.09. The van der Waals surface area contributed by atoms with Crippen LogP contribution in [0.15, 0.2) is 23.6 Å². The number of benzene rings is 1. The van der Waals surface area contributed by atoms with Crippen LogP contribution in [0.3, 0.4) is 0 Å². The van der Waals surface area contributed by atoms with Crippen LogP contribution in [0.1, 0.15) is 43.1 Å². The molecular formula is C15H18Cl2N2S. The molecule has 0 saturated carbocycles. The van der Waals surface area contributed by atoms with Crippen LogP contribution in [0.2, 0.25) is 10.0 Å². The minimum Gasteiger partial charge on any atom is -0.324 e. The maximum absolute atomic E-state index is 6.23. The molecule has 0 aliphatic heterocycles. The Kier molecular flexibility index (Phi) is 4.75. The molecule has 20 heavy (non-hydrogen) atoms. The van der Waals surface area contributed by atoms with Gasteiger partial charge in [0.2, 0.25) is 0 Å². The van der Waals surface area contributed by atoms with E-state index in [4.69, 9.17) is 28.9 Å². The molecule has 2 rings (SSSR count). The maximum atomic E-state index is 6.23. The van der Waals surface area contributed by atoms with E-state index in [2.05, 4.69) is 31.1 Å². The fraction of sp³-hybridized carbons (Fsp3) is 0.400. The van der Waals surface area contributed by atoms with Crippen molar-refractivity contribution in [1.29, 1.82) is 0 Å². The lowest BCUT2D eigenvalue weighted by Gasteiger charge is -2.14. The van der Waals surface area contributed by atoms with Gasteiger partial charge in [-0.3, -0.25) is 0 Å². The summed E-state index contributed by atoms with van der Waals surface area (Å²) in [5, 5.41) is 4.24. The lowest BCUT2D eigenvalue weighted by atomic mass is 9.93. The first kappa shape index (κ1) is 15.8. The van der Waals surface area contributed by atoms with E-state index in [9.17, 15) is 0 Å². The molecule has 2 nitrogen and oxygen atoms in total. The third-order valence-corrected chi connectivity index (χ3v) is 4.70. The third kappa shape index (κ3) is 3.73. The quantitative estimate of drug-likeness (QED) is 0.861. The monoisotopic (exact) mass is 328 g/mol. The van der Waals surface area contributed by atoms with E-state index in [1.165, 1.54) is 0 Å². The number of rotatable bonds is 3. The molecule has 1 heterocycles. The van der Waals surface area contributed by atoms with E-state index in [1.807, 2.05) is 12.1 Å². The first-order chi connectivity index (χ1) is 9.27. The summed E-state index contributed by atoms with van der Waals surface area (Å²) in [5.74, 6) is 0. The second-order valence-electron chi connectivity index (χ2n) is 5.86. The molecule has 2 aromatic rings. The molecular weight excluding hydrogens is 311 g/mol. The molecule has 0 aliphatic carbocycles. The summed E-state index contributed by atoms with van der Waals surface area (Å²) < 4.78 is 0. The van der Waals surface area contributed by atoms with Crippen LogP contribution in [0.25, 0.3) is 0 Å². The minimum absolute atomic E-state index is 0.0719. The summed E-state index contributed by atoms with van der Waals surface area (Å²) >= 11 is 13.6. The summed E-state index contributed by atoms with van der Waals surface area (Å²) in [5.41, 5.74) is 8.39. The van der Waals surface area contributed by atoms with Crippen LogP contribution in [-0.2, 0) is 11.8 Å². The zero-order valence-corrected chi connectivity index (χ0v) is 14.1. The highest BCUT2D eigenvalue weighted by atomic mass is 35.5. The Bertz CT molecular complexity index is 602. The number of nitrogens with zero attached hydrogens (tertiary/aromatic N) is 1. The van der Waals surface area contributed by atoms with Gasteiger partial charge in [0.05, 0.1) is 20.7 Å². The van der Waals surface area contributed by atoms with Gasteiger partial charge in [-0.15, -0.1) is 11.3 Å². The maximum Gasteiger partial charge on any atom is 0.0947 e. The van der Waals surface area contributed by atoms with E-state index < -0.39 is 0 Å². The van der Waals surface area contributed by atoms with Crippen molar-refractivity contribution in [3.05, 3.63) is 49.9 Å². The van der Waals surface area contributed by atoms with Crippen LogP contribution in [-0.4, -0.2) is 4.98 Å². The Morgan fingerprint density at radius 3 is 2.50 bits per heavy atom. The largest absolute Gasteiger partial charge is 0.324 e. The second kappa shape index (κ2) is 6.02. The predicted octanol–water partition coefficient (Wildman–Crippen LogP) is 4.99. The van der Waals surface area contributed by atoms with E-state index >= 15 is 0 Å². The number of thiazole rings is 1. The molecule has 2 N–H and O–H groups in total. The van der Waals surface area contributed by atoms with E-state index in [0.29, 0.717) is 16.5 Å². The number of nitrogens with two attached hydrogens (primary N) is 1. The van der Waals surface area contributed by atoms with Gasteiger partial charge in [-0.25, -0.2) is 4.98 Å². The Morgan fingerprint density at radius 1 is 1.25 bits per heavy atom. The van der Waals surface area contributed by atoms with Gasteiger partial charge in [0.1, 0.15) is 0 Å². The summed E-state index contributed by atoms with van der Waals surface area (Å²) in [6.45, 7) is 6.47. The summed E-state index contributed by atoms with van der Waals surface area (Å²) in [7, 11) is 0. The highest BCUT2D eigenvalue weighted by Gasteiger charge is 2.18. The van der Waals surface area contributed by atoms with Crippen molar-refractivity contribution in [1.82, 2.24) is 4.98 Å². The lowest BCUT2D eigenvalue weighted by molar-refractivity contribution is 0.569. The number of hydrogen-bond donors (Lipinski definition) is 1. The Balaban J connectivity index is 2.13. The average molecular weight is 329 g/mol. The van der Waals surface area contributed by atoms with E-state index in [1.54, 1.807) is 17.4 Å². The number of hydrogen-bond acceptors (Lipinski definition) is 3. The molecule has 1 atom stereocenters. The summed E-state index contributed by atoms with van der Waals surface area (Å²) in [4.78, 5) is 4.67. The average Bonchev–Trinajstić information content (AvgIpc) is 2.81. The van der Waals surface area contributed by atoms with Gasteiger partial charge >= 0.3 is 0 Å². The Hall–Kier alpha value is -0.610. The molecule has 0 spiro atoms. The molecule has 1 aromatic carbocycles. The van der Waals surface area contributed by atoms with Crippen LogP contribution >= 0.6 is 34.5 Å². The molecule has 0 amide bonds. The molecule has 0 radical (unpaired) electrons. The van der Waals surface area contributed by atoms with Gasteiger partial charge < -0.3 is 5.73 Å². The standard InChI is InChI=1S/C15H18Cl2N2S/c1-15(2,3)13-8-20-14(19-13)7-12(18)9-4-5-10(16)11(17)6-9/h4-6,8,12H,7,18H2,1-3H3. The molecule has 1 aromatic heterocycles. The predicted molar refractivity (Wildman–Crippen MR) is 87.9 cm³/mol. The minimum atomic E-state index is -0.122. The van der Waals surface area contributed by atoms with Crippen molar-refractivity contribution < 1.29 is 0 Å². The van der Waals surface area contributed by atoms with Crippen molar-refractivity contribution in [3.8, 4) is 0 Å². The normalized spacial score (nSPS) is 13.5.